The Morgan fingerprint density at radius 3 is 2.38 bits per heavy atom. The summed E-state index contributed by atoms with van der Waals surface area (Å²) in [5, 5.41) is 9.13. The molecule has 6 nitrogen and oxygen atoms in total. The van der Waals surface area contributed by atoms with Crippen LogP contribution in [0, 0.1) is 11.3 Å². The van der Waals surface area contributed by atoms with Gasteiger partial charge in [-0.25, -0.2) is 8.42 Å². The first-order chi connectivity index (χ1) is 11.2. The number of nitrogens with zero attached hydrogens (tertiary/aromatic N) is 3. The average molecular weight is 351 g/mol. The topological polar surface area (TPSA) is 73.6 Å². The molecule has 2 rings (SSSR count). The zero-order chi connectivity index (χ0) is 17.8. The third kappa shape index (κ3) is 4.77. The number of nitriles is 1. The van der Waals surface area contributed by atoms with Crippen molar-refractivity contribution in [2.75, 3.05) is 39.3 Å². The van der Waals surface area contributed by atoms with Crippen LogP contribution in [-0.4, -0.2) is 62.6 Å². The standard InChI is InChI=1S/C17H25N3O3S/c1-17(2,3)23-13-12-19-8-10-20(11-9-19)24(21,22)16-7-5-4-6-15(16)14-18/h4-7H,8-13H2,1-3H3. The summed E-state index contributed by atoms with van der Waals surface area (Å²) < 4.78 is 32.7. The van der Waals surface area contributed by atoms with E-state index in [0.29, 0.717) is 32.8 Å². The molecule has 0 amide bonds. The highest BCUT2D eigenvalue weighted by Gasteiger charge is 2.30. The molecule has 1 aromatic carbocycles. The Hall–Kier alpha value is -1.46. The monoisotopic (exact) mass is 351 g/mol. The first kappa shape index (κ1) is 18.9. The van der Waals surface area contributed by atoms with Crippen molar-refractivity contribution in [1.29, 1.82) is 5.26 Å². The lowest BCUT2D eigenvalue weighted by Crippen LogP contribution is -2.49. The number of benzene rings is 1. The molecule has 1 aliphatic heterocycles. The Balaban J connectivity index is 1.95. The minimum Gasteiger partial charge on any atom is -0.375 e. The molecule has 0 unspecified atom stereocenters. The third-order valence-corrected chi connectivity index (χ3v) is 5.86. The Kier molecular flexibility index (Phi) is 5.99. The predicted octanol–water partition coefficient (Wildman–Crippen LogP) is 1.68. The summed E-state index contributed by atoms with van der Waals surface area (Å²) in [6, 6.07) is 8.31. The molecule has 1 fully saturated rings. The second-order valence-corrected chi connectivity index (χ2v) is 8.72. The SMILES string of the molecule is CC(C)(C)OCCN1CCN(S(=O)(=O)c2ccccc2C#N)CC1. The summed E-state index contributed by atoms with van der Waals surface area (Å²) in [4.78, 5) is 2.30. The fourth-order valence-corrected chi connectivity index (χ4v) is 4.16. The molecule has 7 heteroatoms. The van der Waals surface area contributed by atoms with Gasteiger partial charge in [-0.2, -0.15) is 9.57 Å². The Morgan fingerprint density at radius 1 is 1.17 bits per heavy atom. The van der Waals surface area contributed by atoms with Crippen molar-refractivity contribution in [2.24, 2.45) is 0 Å². The first-order valence-corrected chi connectivity index (χ1v) is 9.53. The van der Waals surface area contributed by atoms with Crippen molar-refractivity contribution in [3.05, 3.63) is 29.8 Å². The van der Waals surface area contributed by atoms with Crippen molar-refractivity contribution >= 4 is 10.0 Å². The van der Waals surface area contributed by atoms with Crippen LogP contribution in [0.15, 0.2) is 29.2 Å². The van der Waals surface area contributed by atoms with Crippen LogP contribution in [0.3, 0.4) is 0 Å². The van der Waals surface area contributed by atoms with E-state index in [9.17, 15) is 8.42 Å². The number of hydrogen-bond donors (Lipinski definition) is 0. The molecule has 0 saturated carbocycles. The number of piperazine rings is 1. The van der Waals surface area contributed by atoms with E-state index in [4.69, 9.17) is 10.00 Å². The van der Waals surface area contributed by atoms with Crippen LogP contribution in [0.25, 0.3) is 0 Å². The van der Waals surface area contributed by atoms with Gasteiger partial charge in [-0.1, -0.05) is 12.1 Å². The minimum atomic E-state index is -3.62. The van der Waals surface area contributed by atoms with Gasteiger partial charge in [0.05, 0.1) is 22.7 Å². The predicted molar refractivity (Wildman–Crippen MR) is 92.1 cm³/mol. The largest absolute Gasteiger partial charge is 0.375 e. The fraction of sp³-hybridized carbons (Fsp3) is 0.588. The zero-order valence-electron chi connectivity index (χ0n) is 14.5. The summed E-state index contributed by atoms with van der Waals surface area (Å²) in [6.07, 6.45) is 0. The van der Waals surface area contributed by atoms with Crippen molar-refractivity contribution < 1.29 is 13.2 Å². The van der Waals surface area contributed by atoms with Crippen LogP contribution in [-0.2, 0) is 14.8 Å². The first-order valence-electron chi connectivity index (χ1n) is 8.09. The van der Waals surface area contributed by atoms with E-state index in [1.807, 2.05) is 26.8 Å². The van der Waals surface area contributed by atoms with Crippen LogP contribution in [0.4, 0.5) is 0 Å². The zero-order valence-corrected chi connectivity index (χ0v) is 15.3. The minimum absolute atomic E-state index is 0.0945. The van der Waals surface area contributed by atoms with Gasteiger partial charge in [0.25, 0.3) is 0 Å². The van der Waals surface area contributed by atoms with E-state index in [0.717, 1.165) is 6.54 Å². The van der Waals surface area contributed by atoms with E-state index >= 15 is 0 Å². The second kappa shape index (κ2) is 7.62. The summed E-state index contributed by atoms with van der Waals surface area (Å²) >= 11 is 0. The molecule has 0 bridgehead atoms. The molecule has 0 spiro atoms. The van der Waals surface area contributed by atoms with Crippen LogP contribution < -0.4 is 0 Å². The van der Waals surface area contributed by atoms with Gasteiger partial charge in [0.2, 0.25) is 10.0 Å². The van der Waals surface area contributed by atoms with Crippen LogP contribution >= 0.6 is 0 Å². The molecule has 24 heavy (non-hydrogen) atoms. The third-order valence-electron chi connectivity index (χ3n) is 3.90. The van der Waals surface area contributed by atoms with Crippen molar-refractivity contribution in [2.45, 2.75) is 31.3 Å². The van der Waals surface area contributed by atoms with E-state index in [2.05, 4.69) is 4.90 Å². The smallest absolute Gasteiger partial charge is 0.244 e. The highest BCUT2D eigenvalue weighted by atomic mass is 32.2. The molecule has 1 saturated heterocycles. The lowest BCUT2D eigenvalue weighted by atomic mass is 10.2. The number of rotatable bonds is 5. The molecule has 1 heterocycles. The van der Waals surface area contributed by atoms with Gasteiger partial charge in [0.1, 0.15) is 6.07 Å². The molecule has 1 aromatic rings. The molecule has 0 aliphatic carbocycles. The Labute approximate surface area is 144 Å². The molecular weight excluding hydrogens is 326 g/mol. The van der Waals surface area contributed by atoms with Crippen LogP contribution in [0.5, 0.6) is 0 Å². The molecule has 132 valence electrons. The summed E-state index contributed by atoms with van der Waals surface area (Å²) in [7, 11) is -3.62. The maximum atomic E-state index is 12.8. The molecule has 1 aliphatic rings. The van der Waals surface area contributed by atoms with E-state index in [1.54, 1.807) is 12.1 Å². The van der Waals surface area contributed by atoms with Gasteiger partial charge < -0.3 is 4.74 Å². The molecule has 0 aromatic heterocycles. The van der Waals surface area contributed by atoms with E-state index in [-0.39, 0.29) is 16.1 Å². The Morgan fingerprint density at radius 2 is 1.79 bits per heavy atom. The van der Waals surface area contributed by atoms with Crippen molar-refractivity contribution in [1.82, 2.24) is 9.21 Å². The normalized spacial score (nSPS) is 17.6. The molecule has 0 N–H and O–H groups in total. The van der Waals surface area contributed by atoms with Crippen LogP contribution in [0.1, 0.15) is 26.3 Å². The summed E-state index contributed by atoms with van der Waals surface area (Å²) in [6.45, 7) is 9.67. The van der Waals surface area contributed by atoms with E-state index in [1.165, 1.54) is 16.4 Å². The van der Waals surface area contributed by atoms with Gasteiger partial charge in [-0.15, -0.1) is 0 Å². The van der Waals surface area contributed by atoms with Gasteiger partial charge in [-0.3, -0.25) is 4.90 Å². The van der Waals surface area contributed by atoms with Gasteiger partial charge >= 0.3 is 0 Å². The quantitative estimate of drug-likeness (QED) is 0.807. The fourth-order valence-electron chi connectivity index (χ4n) is 2.60. The van der Waals surface area contributed by atoms with Gasteiger partial charge in [0, 0.05) is 32.7 Å². The maximum absolute atomic E-state index is 12.8. The van der Waals surface area contributed by atoms with Gasteiger partial charge in [-0.05, 0) is 32.9 Å². The maximum Gasteiger partial charge on any atom is 0.244 e. The summed E-state index contributed by atoms with van der Waals surface area (Å²) in [5.74, 6) is 0. The highest BCUT2D eigenvalue weighted by Crippen LogP contribution is 2.21. The number of sulfonamides is 1. The van der Waals surface area contributed by atoms with Crippen LogP contribution in [0.2, 0.25) is 0 Å². The highest BCUT2D eigenvalue weighted by molar-refractivity contribution is 7.89. The molecule has 0 atom stereocenters. The lowest BCUT2D eigenvalue weighted by Gasteiger charge is -2.34. The van der Waals surface area contributed by atoms with Gasteiger partial charge in [0.15, 0.2) is 0 Å². The Bertz CT molecular complexity index is 697. The van der Waals surface area contributed by atoms with Crippen molar-refractivity contribution in [3.8, 4) is 6.07 Å². The summed E-state index contributed by atoms with van der Waals surface area (Å²) in [5.41, 5.74) is 0.0325. The second-order valence-electron chi connectivity index (χ2n) is 6.81. The van der Waals surface area contributed by atoms with E-state index < -0.39 is 10.0 Å². The lowest BCUT2D eigenvalue weighted by molar-refractivity contribution is -0.0156. The molecular formula is C17H25N3O3S. The average Bonchev–Trinajstić information content (AvgIpc) is 2.54. The van der Waals surface area contributed by atoms with Crippen molar-refractivity contribution in [3.63, 3.8) is 0 Å². The number of ether oxygens (including phenoxy) is 1. The number of hydrogen-bond acceptors (Lipinski definition) is 5. The molecule has 0 radical (unpaired) electrons.